The monoisotopic (exact) mass is 1770 g/mol. The van der Waals surface area contributed by atoms with E-state index in [1.807, 2.05) is 234 Å². The summed E-state index contributed by atoms with van der Waals surface area (Å²) in [6, 6.07) is 44.5. The Morgan fingerprint density at radius 2 is 0.581 bits per heavy atom. The fourth-order valence-corrected chi connectivity index (χ4v) is 18.7. The number of phenolic OH excluding ortho intramolecular Hbond substituents is 11. The lowest BCUT2D eigenvalue weighted by Crippen LogP contribution is -2.15. The molecule has 692 valence electrons. The van der Waals surface area contributed by atoms with Crippen LogP contribution < -0.4 is 0 Å². The maximum absolute atomic E-state index is 11.0. The van der Waals surface area contributed by atoms with Crippen molar-refractivity contribution in [3.05, 3.63) is 317 Å². The quantitative estimate of drug-likeness (QED) is 0.0383. The zero-order valence-electron chi connectivity index (χ0n) is 83.3. The summed E-state index contributed by atoms with van der Waals surface area (Å²) >= 11 is 1.69. The maximum atomic E-state index is 11.0. The van der Waals surface area contributed by atoms with E-state index in [-0.39, 0.29) is 46.3 Å². The molecular formula is C114H149N3O11S. The third-order valence-electron chi connectivity index (χ3n) is 24.7. The first-order valence-corrected chi connectivity index (χ1v) is 46.5. The normalized spacial score (nSPS) is 11.9. The molecule has 0 bridgehead atoms. The van der Waals surface area contributed by atoms with Gasteiger partial charge in [-0.15, -0.1) is 16.9 Å². The predicted octanol–water partition coefficient (Wildman–Crippen LogP) is 29.7. The summed E-state index contributed by atoms with van der Waals surface area (Å²) in [5.41, 5.74) is 32.2. The second-order valence-corrected chi connectivity index (χ2v) is 40.2. The van der Waals surface area contributed by atoms with E-state index in [1.165, 1.54) is 16.7 Å². The van der Waals surface area contributed by atoms with Crippen LogP contribution in [0.15, 0.2) is 149 Å². The minimum atomic E-state index is -0.143. The molecule has 0 fully saturated rings. The van der Waals surface area contributed by atoms with Gasteiger partial charge in [0.1, 0.15) is 74.8 Å². The Morgan fingerprint density at radius 1 is 0.310 bits per heavy atom. The van der Waals surface area contributed by atoms with Gasteiger partial charge in [-0.05, 0) is 274 Å². The minimum absolute atomic E-state index is 0.00204. The average molecular weight is 1770 g/mol. The van der Waals surface area contributed by atoms with E-state index < -0.39 is 0 Å². The molecule has 0 atom stereocenters. The summed E-state index contributed by atoms with van der Waals surface area (Å²) in [5, 5.41) is 127. The number of benzene rings is 11. The van der Waals surface area contributed by atoms with E-state index in [0.717, 1.165) is 210 Å². The van der Waals surface area contributed by atoms with E-state index in [9.17, 15) is 56.2 Å². The van der Waals surface area contributed by atoms with Gasteiger partial charge in [0.25, 0.3) is 0 Å². The van der Waals surface area contributed by atoms with Crippen LogP contribution in [-0.2, 0) is 17.3 Å². The molecule has 1 aliphatic heterocycles. The Hall–Kier alpha value is -11.2. The van der Waals surface area contributed by atoms with Gasteiger partial charge in [0.15, 0.2) is 0 Å². The summed E-state index contributed by atoms with van der Waals surface area (Å²) in [6.07, 6.45) is 4.86. The van der Waals surface area contributed by atoms with Crippen molar-refractivity contribution in [2.24, 2.45) is 21.4 Å². The molecule has 0 unspecified atom stereocenters. The summed E-state index contributed by atoms with van der Waals surface area (Å²) in [5.74, 6) is 5.25. The van der Waals surface area contributed by atoms with Gasteiger partial charge in [0.05, 0.1) is 0 Å². The Morgan fingerprint density at radius 3 is 0.860 bits per heavy atom. The van der Waals surface area contributed by atoms with Gasteiger partial charge >= 0.3 is 0 Å². The van der Waals surface area contributed by atoms with Gasteiger partial charge in [-0.1, -0.05) is 274 Å². The number of phenols is 11. The highest BCUT2D eigenvalue weighted by atomic mass is 32.2. The summed E-state index contributed by atoms with van der Waals surface area (Å²) in [4.78, 5) is 0. The lowest BCUT2D eigenvalue weighted by molar-refractivity contribution is 0.429. The average Bonchev–Trinajstić information content (AvgIpc) is 0.961. The molecule has 0 saturated carbocycles. The van der Waals surface area contributed by atoms with Gasteiger partial charge in [-0.2, -0.15) is 5.11 Å². The number of rotatable bonds is 18. The second kappa shape index (κ2) is 44.9. The third-order valence-corrected chi connectivity index (χ3v) is 25.7. The molecule has 14 nitrogen and oxygen atoms in total. The van der Waals surface area contributed by atoms with Crippen molar-refractivity contribution in [3.8, 4) is 63.2 Å². The molecule has 0 spiro atoms. The molecule has 11 N–H and O–H groups in total. The summed E-state index contributed by atoms with van der Waals surface area (Å²) in [6.45, 7) is 65.4. The van der Waals surface area contributed by atoms with Crippen LogP contribution in [0.2, 0.25) is 0 Å². The molecule has 15 heteroatoms. The molecule has 11 aromatic carbocycles. The third kappa shape index (κ3) is 26.8. The molecule has 0 radical (unpaired) electrons. The smallest absolute Gasteiger partial charge is 0.123 e. The summed E-state index contributed by atoms with van der Waals surface area (Å²) < 4.78 is 0. The van der Waals surface area contributed by atoms with Crippen molar-refractivity contribution < 1.29 is 56.2 Å². The van der Waals surface area contributed by atoms with Gasteiger partial charge < -0.3 is 56.2 Å². The minimum Gasteiger partial charge on any atom is -0.507 e. The van der Waals surface area contributed by atoms with Crippen molar-refractivity contribution in [2.75, 3.05) is 12.3 Å². The van der Waals surface area contributed by atoms with Crippen LogP contribution in [0.1, 0.15) is 322 Å². The highest BCUT2D eigenvalue weighted by molar-refractivity contribution is 8.14. The van der Waals surface area contributed by atoms with Crippen LogP contribution in [0.3, 0.4) is 0 Å². The zero-order chi connectivity index (χ0) is 96.8. The Balaban J connectivity index is 0.000000213. The van der Waals surface area contributed by atoms with Gasteiger partial charge in [0, 0.05) is 79.8 Å². The van der Waals surface area contributed by atoms with Crippen molar-refractivity contribution in [2.45, 2.75) is 294 Å². The SMILES string of the molecule is CCC(c1cc(C)cc(C)c1O)c1cc(C)cc(C)c1O.CCCCC(c1cc(C)cc(C)c1O)c1cc(C)cc(C)c1O.Cc1cc(C(C)c2cc(C)c(O)c(C)c2)cc(C)c1O.Cc1cc(C(C)c2cc(C)cc(C(C)(C)C)c2O)c(O)c(C(C)(C)C)c1.Cc1cc(C)c(O)c(C(c2cc(C)cc(C)c2O)C(C)C)c1.Cc1cc(CCSC2=NN=NC2)cc(C)c1O. The standard InChI is InChI=1S/C24H34O2.C21H28O2.C20H26O2.C19H24O2.C18H22O2.C12H15N3OS/c1-14-10-17(21(25)19(12-14)23(4,5)6)16(3)18-11-15(2)13-20(22(18)26)24(7,8)9;1-6-7-8-17(18-11-13(2)9-15(4)20(18)22)19-12-14(3)10-16(5)21(19)23;1-11(2)18(16-9-12(3)7-14(5)19(16)21)17-10-13(4)8-15(6)20(17)22;1-6-15(16-9-11(2)7-13(4)18(16)20)17-10-12(3)8-14(5)19(17)21;1-10-6-15(7-11(2)17(10)19)14(5)16-8-12(3)18(20)13(4)9-16;1-8-5-10(6-9(2)12(8)16)3-4-17-11-7-13-15-14-11/h10-13,16,25-26H,1-9H3;9-12,17,22-23H,6-8H2,1-5H3;7-11,18,21-22H,1-6H3;7-10,15,20-21H,6H2,1-5H3;6-9,14,19-20H,1-5H3;5-6,16H,3-4,7H2,1-2H3. The van der Waals surface area contributed by atoms with E-state index in [2.05, 4.69) is 137 Å². The van der Waals surface area contributed by atoms with E-state index in [0.29, 0.717) is 69.8 Å². The van der Waals surface area contributed by atoms with Crippen LogP contribution in [0.25, 0.3) is 0 Å². The topological polar surface area (TPSA) is 260 Å². The Bertz CT molecular complexity index is 5510. The fraction of sp³-hybridized carbons (Fsp3) is 0.412. The molecule has 0 aromatic heterocycles. The van der Waals surface area contributed by atoms with Gasteiger partial charge in [-0.3, -0.25) is 0 Å². The van der Waals surface area contributed by atoms with E-state index in [4.69, 9.17) is 0 Å². The van der Waals surface area contributed by atoms with Crippen LogP contribution in [0.5, 0.6) is 63.2 Å². The highest BCUT2D eigenvalue weighted by Gasteiger charge is 2.31. The van der Waals surface area contributed by atoms with Crippen LogP contribution in [0, 0.1) is 144 Å². The van der Waals surface area contributed by atoms with Gasteiger partial charge in [-0.25, -0.2) is 0 Å². The van der Waals surface area contributed by atoms with Crippen molar-refractivity contribution in [1.82, 2.24) is 0 Å². The zero-order valence-corrected chi connectivity index (χ0v) is 84.1. The first-order chi connectivity index (χ1) is 60.1. The number of aryl methyl sites for hydroxylation is 21. The maximum Gasteiger partial charge on any atom is 0.123 e. The number of unbranched alkanes of at least 4 members (excludes halogenated alkanes) is 1. The van der Waals surface area contributed by atoms with Crippen molar-refractivity contribution in [3.63, 3.8) is 0 Å². The van der Waals surface area contributed by atoms with Crippen molar-refractivity contribution >= 4 is 16.8 Å². The van der Waals surface area contributed by atoms with Crippen molar-refractivity contribution in [1.29, 1.82) is 0 Å². The molecule has 0 aliphatic carbocycles. The molecule has 11 aromatic rings. The Kier molecular flexibility index (Phi) is 36.5. The highest BCUT2D eigenvalue weighted by Crippen LogP contribution is 2.49. The van der Waals surface area contributed by atoms with Gasteiger partial charge in [0.2, 0.25) is 0 Å². The largest absolute Gasteiger partial charge is 0.507 e. The second-order valence-electron chi connectivity index (χ2n) is 39.0. The first kappa shape index (κ1) is 105. The molecule has 129 heavy (non-hydrogen) atoms. The number of hydrogen-bond acceptors (Lipinski definition) is 15. The molecule has 0 saturated heterocycles. The number of thioether (sulfide) groups is 1. The predicted molar refractivity (Wildman–Crippen MR) is 540 cm³/mol. The molecular weight excluding hydrogens is 1620 g/mol. The number of nitrogens with zero attached hydrogens (tertiary/aromatic N) is 3. The molecule has 0 amide bonds. The lowest BCUT2D eigenvalue weighted by Gasteiger charge is -2.27. The first-order valence-electron chi connectivity index (χ1n) is 45.6. The molecule has 12 rings (SSSR count). The fourth-order valence-electron chi connectivity index (χ4n) is 17.9. The number of aromatic hydroxyl groups is 11. The van der Waals surface area contributed by atoms with Crippen LogP contribution >= 0.6 is 11.8 Å². The molecule has 1 aliphatic rings. The molecule has 1 heterocycles. The summed E-state index contributed by atoms with van der Waals surface area (Å²) in [7, 11) is 0. The van der Waals surface area contributed by atoms with Crippen LogP contribution in [-0.4, -0.2) is 73.5 Å². The van der Waals surface area contributed by atoms with E-state index >= 15 is 0 Å². The lowest BCUT2D eigenvalue weighted by atomic mass is 9.79. The van der Waals surface area contributed by atoms with E-state index in [1.54, 1.807) is 11.8 Å². The van der Waals surface area contributed by atoms with Crippen LogP contribution in [0.4, 0.5) is 0 Å². The Labute approximate surface area is 776 Å². The number of hydrogen-bond donors (Lipinski definition) is 11.